The van der Waals surface area contributed by atoms with E-state index in [-0.39, 0.29) is 5.91 Å². The molecule has 1 N–H and O–H groups in total. The van der Waals surface area contributed by atoms with Crippen molar-refractivity contribution in [3.8, 4) is 17.2 Å². The maximum Gasteiger partial charge on any atom is 0.265 e. The zero-order valence-electron chi connectivity index (χ0n) is 14.7. The summed E-state index contributed by atoms with van der Waals surface area (Å²) in [6.45, 7) is 5.59. The maximum absolute atomic E-state index is 12.4. The molecule has 128 valence electrons. The lowest BCUT2D eigenvalue weighted by molar-refractivity contribution is -0.122. The number of rotatable bonds is 6. The van der Waals surface area contributed by atoms with Crippen LogP contribution in [0.5, 0.6) is 17.2 Å². The van der Waals surface area contributed by atoms with Gasteiger partial charge in [-0.15, -0.1) is 0 Å². The summed E-state index contributed by atoms with van der Waals surface area (Å²) in [4.78, 5) is 12.4. The third kappa shape index (κ3) is 4.19. The average molecular weight is 329 g/mol. The lowest BCUT2D eigenvalue weighted by Crippen LogP contribution is -2.30. The van der Waals surface area contributed by atoms with Crippen molar-refractivity contribution in [2.24, 2.45) is 0 Å². The van der Waals surface area contributed by atoms with Crippen LogP contribution in [-0.4, -0.2) is 26.2 Å². The Balaban J connectivity index is 2.11. The molecule has 0 spiro atoms. The second-order valence-electron chi connectivity index (χ2n) is 5.59. The van der Waals surface area contributed by atoms with Gasteiger partial charge in [0.1, 0.15) is 5.75 Å². The molecule has 2 aromatic rings. The van der Waals surface area contributed by atoms with Gasteiger partial charge in [-0.05, 0) is 50.1 Å². The van der Waals surface area contributed by atoms with Crippen LogP contribution in [0.4, 0.5) is 5.69 Å². The normalized spacial score (nSPS) is 11.5. The van der Waals surface area contributed by atoms with Crippen LogP contribution >= 0.6 is 0 Å². The van der Waals surface area contributed by atoms with E-state index in [1.165, 1.54) is 0 Å². The van der Waals surface area contributed by atoms with E-state index >= 15 is 0 Å². The summed E-state index contributed by atoms with van der Waals surface area (Å²) < 4.78 is 16.2. The quantitative estimate of drug-likeness (QED) is 0.877. The molecule has 0 heterocycles. The van der Waals surface area contributed by atoms with E-state index in [2.05, 4.69) is 5.32 Å². The number of amides is 1. The number of carbonyl (C=O) groups excluding carboxylic acids is 1. The molecule has 0 saturated heterocycles. The van der Waals surface area contributed by atoms with Crippen molar-refractivity contribution >= 4 is 11.6 Å². The summed E-state index contributed by atoms with van der Waals surface area (Å²) in [5.74, 6) is 1.62. The van der Waals surface area contributed by atoms with Gasteiger partial charge in [-0.2, -0.15) is 0 Å². The molecular formula is C19H23NO4. The number of methoxy groups -OCH3 is 2. The predicted molar refractivity (Wildman–Crippen MR) is 94.2 cm³/mol. The molecule has 2 rings (SSSR count). The number of anilines is 1. The minimum absolute atomic E-state index is 0.230. The van der Waals surface area contributed by atoms with Crippen LogP contribution in [0.1, 0.15) is 18.1 Å². The van der Waals surface area contributed by atoms with Gasteiger partial charge in [-0.25, -0.2) is 0 Å². The number of benzene rings is 2. The predicted octanol–water partition coefficient (Wildman–Crippen LogP) is 3.73. The Morgan fingerprint density at radius 3 is 2.33 bits per heavy atom. The highest BCUT2D eigenvalue weighted by Gasteiger charge is 2.17. The Hall–Kier alpha value is -2.69. The summed E-state index contributed by atoms with van der Waals surface area (Å²) in [7, 11) is 3.13. The molecule has 0 radical (unpaired) electrons. The topological polar surface area (TPSA) is 56.8 Å². The Kier molecular flexibility index (Phi) is 5.68. The molecule has 0 fully saturated rings. The van der Waals surface area contributed by atoms with E-state index < -0.39 is 6.10 Å². The first kappa shape index (κ1) is 17.7. The first-order valence-corrected chi connectivity index (χ1v) is 7.71. The Morgan fingerprint density at radius 1 is 1.04 bits per heavy atom. The van der Waals surface area contributed by atoms with E-state index in [1.54, 1.807) is 27.2 Å². The average Bonchev–Trinajstić information content (AvgIpc) is 2.56. The lowest BCUT2D eigenvalue weighted by Gasteiger charge is -2.17. The van der Waals surface area contributed by atoms with Gasteiger partial charge in [0.15, 0.2) is 17.6 Å². The standard InChI is InChI=1S/C19H23NO4/c1-12-7-6-8-15(9-12)24-14(3)19(21)20-16-11-18(23-5)17(22-4)10-13(16)2/h6-11,14H,1-5H3,(H,20,21)/t14-/m0/s1. The van der Waals surface area contributed by atoms with Crippen molar-refractivity contribution < 1.29 is 19.0 Å². The van der Waals surface area contributed by atoms with E-state index in [4.69, 9.17) is 14.2 Å². The summed E-state index contributed by atoms with van der Waals surface area (Å²) in [5, 5.41) is 2.87. The molecule has 1 amide bonds. The van der Waals surface area contributed by atoms with Crippen molar-refractivity contribution in [3.05, 3.63) is 47.5 Å². The second-order valence-corrected chi connectivity index (χ2v) is 5.59. The zero-order valence-corrected chi connectivity index (χ0v) is 14.7. The summed E-state index contributed by atoms with van der Waals surface area (Å²) in [5.41, 5.74) is 2.62. The van der Waals surface area contributed by atoms with Crippen LogP contribution in [0.15, 0.2) is 36.4 Å². The van der Waals surface area contributed by atoms with Crippen molar-refractivity contribution in [2.45, 2.75) is 26.9 Å². The fourth-order valence-corrected chi connectivity index (χ4v) is 2.30. The fourth-order valence-electron chi connectivity index (χ4n) is 2.30. The summed E-state index contributed by atoms with van der Waals surface area (Å²) >= 11 is 0. The minimum atomic E-state index is -0.626. The monoisotopic (exact) mass is 329 g/mol. The molecule has 0 bridgehead atoms. The number of ether oxygens (including phenoxy) is 3. The SMILES string of the molecule is COc1cc(C)c(NC(=O)[C@H](C)Oc2cccc(C)c2)cc1OC. The van der Waals surface area contributed by atoms with E-state index in [9.17, 15) is 4.79 Å². The van der Waals surface area contributed by atoms with Crippen molar-refractivity contribution in [2.75, 3.05) is 19.5 Å². The molecular weight excluding hydrogens is 306 g/mol. The van der Waals surface area contributed by atoms with Gasteiger partial charge in [0.2, 0.25) is 0 Å². The summed E-state index contributed by atoms with van der Waals surface area (Å²) in [6, 6.07) is 11.2. The first-order chi connectivity index (χ1) is 11.4. The van der Waals surface area contributed by atoms with Gasteiger partial charge in [-0.1, -0.05) is 12.1 Å². The maximum atomic E-state index is 12.4. The molecule has 5 nitrogen and oxygen atoms in total. The van der Waals surface area contributed by atoms with E-state index in [1.807, 2.05) is 44.2 Å². The third-order valence-corrected chi connectivity index (χ3v) is 3.66. The number of aryl methyl sites for hydroxylation is 2. The first-order valence-electron chi connectivity index (χ1n) is 7.71. The highest BCUT2D eigenvalue weighted by atomic mass is 16.5. The van der Waals surface area contributed by atoms with Crippen molar-refractivity contribution in [1.29, 1.82) is 0 Å². The van der Waals surface area contributed by atoms with E-state index in [0.717, 1.165) is 11.1 Å². The smallest absolute Gasteiger partial charge is 0.265 e. The molecule has 0 saturated carbocycles. The molecule has 0 aliphatic carbocycles. The third-order valence-electron chi connectivity index (χ3n) is 3.66. The molecule has 24 heavy (non-hydrogen) atoms. The van der Waals surface area contributed by atoms with Gasteiger partial charge in [0, 0.05) is 11.8 Å². The Bertz CT molecular complexity index is 727. The Labute approximate surface area is 142 Å². The fraction of sp³-hybridized carbons (Fsp3) is 0.316. The molecule has 0 aliphatic heterocycles. The van der Waals surface area contributed by atoms with Gasteiger partial charge >= 0.3 is 0 Å². The number of hydrogen-bond donors (Lipinski definition) is 1. The molecule has 5 heteroatoms. The van der Waals surface area contributed by atoms with Crippen LogP contribution in [0.25, 0.3) is 0 Å². The minimum Gasteiger partial charge on any atom is -0.493 e. The van der Waals surface area contributed by atoms with Crippen molar-refractivity contribution in [1.82, 2.24) is 0 Å². The molecule has 0 unspecified atom stereocenters. The van der Waals surface area contributed by atoms with Crippen LogP contribution in [-0.2, 0) is 4.79 Å². The molecule has 0 aromatic heterocycles. The second kappa shape index (κ2) is 7.73. The van der Waals surface area contributed by atoms with Gasteiger partial charge < -0.3 is 19.5 Å². The molecule has 0 aliphatic rings. The molecule has 2 aromatic carbocycles. The van der Waals surface area contributed by atoms with Crippen LogP contribution in [0, 0.1) is 13.8 Å². The highest BCUT2D eigenvalue weighted by Crippen LogP contribution is 2.33. The van der Waals surface area contributed by atoms with Crippen LogP contribution in [0.2, 0.25) is 0 Å². The lowest BCUT2D eigenvalue weighted by atomic mass is 10.1. The summed E-state index contributed by atoms with van der Waals surface area (Å²) in [6.07, 6.45) is -0.626. The zero-order chi connectivity index (χ0) is 17.7. The van der Waals surface area contributed by atoms with Gasteiger partial charge in [0.05, 0.1) is 14.2 Å². The largest absolute Gasteiger partial charge is 0.493 e. The Morgan fingerprint density at radius 2 is 1.71 bits per heavy atom. The van der Waals surface area contributed by atoms with Crippen molar-refractivity contribution in [3.63, 3.8) is 0 Å². The molecule has 1 atom stereocenters. The number of hydrogen-bond acceptors (Lipinski definition) is 4. The van der Waals surface area contributed by atoms with Crippen LogP contribution in [0.3, 0.4) is 0 Å². The van der Waals surface area contributed by atoms with Gasteiger partial charge in [0.25, 0.3) is 5.91 Å². The van der Waals surface area contributed by atoms with Gasteiger partial charge in [-0.3, -0.25) is 4.79 Å². The van der Waals surface area contributed by atoms with Crippen LogP contribution < -0.4 is 19.5 Å². The highest BCUT2D eigenvalue weighted by molar-refractivity contribution is 5.95. The van der Waals surface area contributed by atoms with E-state index in [0.29, 0.717) is 22.9 Å². The number of carbonyl (C=O) groups is 1. The number of nitrogens with one attached hydrogen (secondary N) is 1.